The van der Waals surface area contributed by atoms with Crippen molar-refractivity contribution in [3.8, 4) is 0 Å². The average Bonchev–Trinajstić information content (AvgIpc) is 2.86. The molecule has 1 saturated heterocycles. The van der Waals surface area contributed by atoms with Crippen molar-refractivity contribution >= 4 is 48.9 Å². The predicted molar refractivity (Wildman–Crippen MR) is 102 cm³/mol. The minimum Gasteiger partial charge on any atom is -0.316 e. The molecule has 3 N–H and O–H groups in total. The fourth-order valence-electron chi connectivity index (χ4n) is 3.65. The highest BCUT2D eigenvalue weighted by Crippen LogP contribution is 2.50. The van der Waals surface area contributed by atoms with Crippen LogP contribution in [0.3, 0.4) is 0 Å². The van der Waals surface area contributed by atoms with Crippen LogP contribution in [0.2, 0.25) is 0 Å². The number of rotatable bonds is 4. The minimum absolute atomic E-state index is 0.0362. The summed E-state index contributed by atoms with van der Waals surface area (Å²) in [5.74, 6) is 0.107. The molecular formula is C16H20Br2N4O2. The molecule has 130 valence electrons. The van der Waals surface area contributed by atoms with Gasteiger partial charge in [-0.05, 0) is 69.2 Å². The van der Waals surface area contributed by atoms with Crippen LogP contribution in [0, 0.1) is 10.1 Å². The zero-order valence-electron chi connectivity index (χ0n) is 13.4. The standard InChI is InChI=1S/C16H20Br2N4O2/c1-2-4-8-9-7-10(17)13(18)16(22(23)24)15(9)21-14(8)11-5-3-6-12(19)20-11/h7-8,11-12,20H,2-6,19H2,1H3. The van der Waals surface area contributed by atoms with Gasteiger partial charge in [0.2, 0.25) is 0 Å². The Balaban J connectivity index is 2.10. The van der Waals surface area contributed by atoms with Crippen molar-refractivity contribution < 1.29 is 4.92 Å². The van der Waals surface area contributed by atoms with E-state index in [1.165, 1.54) is 0 Å². The van der Waals surface area contributed by atoms with Gasteiger partial charge in [0.15, 0.2) is 0 Å². The third-order valence-corrected chi connectivity index (χ3v) is 6.67. The van der Waals surface area contributed by atoms with Gasteiger partial charge in [0, 0.05) is 22.1 Å². The lowest BCUT2D eigenvalue weighted by Crippen LogP contribution is -2.51. The molecule has 2 heterocycles. The Bertz CT molecular complexity index is 708. The first-order chi connectivity index (χ1) is 11.4. The fraction of sp³-hybridized carbons (Fsp3) is 0.562. The van der Waals surface area contributed by atoms with Crippen LogP contribution < -0.4 is 11.1 Å². The maximum Gasteiger partial charge on any atom is 0.310 e. The number of nitrogens with zero attached hydrogens (tertiary/aromatic N) is 2. The number of aliphatic imine (C=N–C) groups is 1. The molecule has 0 amide bonds. The minimum atomic E-state index is -0.358. The lowest BCUT2D eigenvalue weighted by molar-refractivity contribution is -0.384. The van der Waals surface area contributed by atoms with Crippen molar-refractivity contribution in [2.24, 2.45) is 10.7 Å². The number of benzene rings is 1. The highest BCUT2D eigenvalue weighted by molar-refractivity contribution is 9.13. The Morgan fingerprint density at radius 2 is 2.21 bits per heavy atom. The Morgan fingerprint density at radius 3 is 2.83 bits per heavy atom. The number of nitrogens with one attached hydrogen (secondary N) is 1. The lowest BCUT2D eigenvalue weighted by Gasteiger charge is -2.31. The zero-order valence-corrected chi connectivity index (χ0v) is 16.6. The van der Waals surface area contributed by atoms with E-state index in [1.54, 1.807) is 0 Å². The van der Waals surface area contributed by atoms with Gasteiger partial charge in [-0.25, -0.2) is 4.99 Å². The number of fused-ring (bicyclic) bond motifs is 1. The Morgan fingerprint density at radius 1 is 1.46 bits per heavy atom. The van der Waals surface area contributed by atoms with E-state index >= 15 is 0 Å². The van der Waals surface area contributed by atoms with Crippen LogP contribution in [-0.4, -0.2) is 22.8 Å². The van der Waals surface area contributed by atoms with E-state index in [4.69, 9.17) is 10.7 Å². The first-order valence-electron chi connectivity index (χ1n) is 8.20. The maximum absolute atomic E-state index is 11.6. The molecule has 2 aliphatic rings. The topological polar surface area (TPSA) is 93.5 Å². The second-order valence-electron chi connectivity index (χ2n) is 6.35. The first kappa shape index (κ1) is 18.0. The van der Waals surface area contributed by atoms with E-state index in [9.17, 15) is 10.1 Å². The number of nitro benzene ring substituents is 1. The molecule has 1 aromatic carbocycles. The van der Waals surface area contributed by atoms with Crippen molar-refractivity contribution in [3.05, 3.63) is 30.7 Å². The SMILES string of the molecule is CCCC1C(C2CCCC(N)N2)=Nc2c1cc(Br)c(Br)c2[N+](=O)[O-]. The highest BCUT2D eigenvalue weighted by atomic mass is 79.9. The maximum atomic E-state index is 11.6. The average molecular weight is 460 g/mol. The predicted octanol–water partition coefficient (Wildman–Crippen LogP) is 4.52. The number of nitro groups is 1. The lowest BCUT2D eigenvalue weighted by atomic mass is 9.85. The van der Waals surface area contributed by atoms with E-state index in [0.29, 0.717) is 14.6 Å². The van der Waals surface area contributed by atoms with E-state index < -0.39 is 0 Å². The smallest absolute Gasteiger partial charge is 0.310 e. The molecule has 8 heteroatoms. The molecule has 24 heavy (non-hydrogen) atoms. The van der Waals surface area contributed by atoms with Crippen LogP contribution in [-0.2, 0) is 0 Å². The normalized spacial score (nSPS) is 26.2. The number of piperidine rings is 1. The van der Waals surface area contributed by atoms with Gasteiger partial charge < -0.3 is 5.73 Å². The second kappa shape index (κ2) is 7.19. The summed E-state index contributed by atoms with van der Waals surface area (Å²) in [6.45, 7) is 2.12. The molecule has 0 aromatic heterocycles. The van der Waals surface area contributed by atoms with Crippen molar-refractivity contribution in [1.82, 2.24) is 5.32 Å². The van der Waals surface area contributed by atoms with Crippen molar-refractivity contribution in [1.29, 1.82) is 0 Å². The molecule has 0 spiro atoms. The molecule has 0 saturated carbocycles. The molecule has 0 aliphatic carbocycles. The highest BCUT2D eigenvalue weighted by Gasteiger charge is 2.38. The van der Waals surface area contributed by atoms with E-state index in [0.717, 1.165) is 43.4 Å². The van der Waals surface area contributed by atoms with Gasteiger partial charge in [0.05, 0.1) is 11.1 Å². The van der Waals surface area contributed by atoms with Crippen LogP contribution in [0.15, 0.2) is 20.0 Å². The summed E-state index contributed by atoms with van der Waals surface area (Å²) >= 11 is 6.76. The largest absolute Gasteiger partial charge is 0.316 e. The third-order valence-electron chi connectivity index (χ3n) is 4.71. The number of hydrogen-bond donors (Lipinski definition) is 2. The number of halogens is 2. The summed E-state index contributed by atoms with van der Waals surface area (Å²) in [7, 11) is 0. The van der Waals surface area contributed by atoms with Crippen molar-refractivity contribution in [2.75, 3.05) is 0 Å². The molecule has 0 bridgehead atoms. The van der Waals surface area contributed by atoms with Gasteiger partial charge in [0.25, 0.3) is 0 Å². The van der Waals surface area contributed by atoms with Crippen molar-refractivity contribution in [2.45, 2.75) is 57.2 Å². The van der Waals surface area contributed by atoms with E-state index in [-0.39, 0.29) is 28.7 Å². The zero-order chi connectivity index (χ0) is 17.4. The van der Waals surface area contributed by atoms with Crippen LogP contribution in [0.5, 0.6) is 0 Å². The van der Waals surface area contributed by atoms with Crippen LogP contribution >= 0.6 is 31.9 Å². The van der Waals surface area contributed by atoms with Gasteiger partial charge in [-0.15, -0.1) is 0 Å². The van der Waals surface area contributed by atoms with Gasteiger partial charge in [-0.3, -0.25) is 15.4 Å². The summed E-state index contributed by atoms with van der Waals surface area (Å²) in [4.78, 5) is 16.0. The van der Waals surface area contributed by atoms with Gasteiger partial charge in [-0.1, -0.05) is 13.3 Å². The summed E-state index contributed by atoms with van der Waals surface area (Å²) in [5, 5.41) is 15.0. The van der Waals surface area contributed by atoms with Crippen LogP contribution in [0.25, 0.3) is 0 Å². The van der Waals surface area contributed by atoms with E-state index in [1.807, 2.05) is 6.07 Å². The molecule has 3 unspecified atom stereocenters. The summed E-state index contributed by atoms with van der Waals surface area (Å²) < 4.78 is 1.14. The molecule has 6 nitrogen and oxygen atoms in total. The Labute approximate surface area is 157 Å². The van der Waals surface area contributed by atoms with Gasteiger partial charge in [-0.2, -0.15) is 0 Å². The molecule has 1 fully saturated rings. The molecule has 3 rings (SSSR count). The first-order valence-corrected chi connectivity index (χ1v) is 9.79. The second-order valence-corrected chi connectivity index (χ2v) is 8.00. The number of nitrogens with two attached hydrogens (primary N) is 1. The molecule has 1 aromatic rings. The third kappa shape index (κ3) is 3.16. The molecule has 3 atom stereocenters. The quantitative estimate of drug-likeness (QED) is 0.511. The summed E-state index contributed by atoms with van der Waals surface area (Å²) in [6, 6.07) is 2.06. The molecule has 0 radical (unpaired) electrons. The Kier molecular flexibility index (Phi) is 5.39. The molecular weight excluding hydrogens is 440 g/mol. The molecule has 2 aliphatic heterocycles. The van der Waals surface area contributed by atoms with Gasteiger partial charge >= 0.3 is 5.69 Å². The monoisotopic (exact) mass is 458 g/mol. The summed E-state index contributed by atoms with van der Waals surface area (Å²) in [6.07, 6.45) is 4.84. The van der Waals surface area contributed by atoms with E-state index in [2.05, 4.69) is 44.1 Å². The Hall–Kier alpha value is -0.830. The van der Waals surface area contributed by atoms with Crippen LogP contribution in [0.4, 0.5) is 11.4 Å². The van der Waals surface area contributed by atoms with Crippen LogP contribution in [0.1, 0.15) is 50.5 Å². The number of hydrogen-bond acceptors (Lipinski definition) is 5. The van der Waals surface area contributed by atoms with Crippen molar-refractivity contribution in [3.63, 3.8) is 0 Å². The van der Waals surface area contributed by atoms with Gasteiger partial charge in [0.1, 0.15) is 10.2 Å². The summed E-state index contributed by atoms with van der Waals surface area (Å²) in [5.41, 5.74) is 8.52. The fourth-order valence-corrected chi connectivity index (χ4v) is 4.53.